The highest BCUT2D eigenvalue weighted by Crippen LogP contribution is 2.38. The Labute approximate surface area is 145 Å². The molecule has 0 amide bonds. The van der Waals surface area contributed by atoms with Gasteiger partial charge in [-0.15, -0.1) is 0 Å². The number of hydrogen-bond donors (Lipinski definition) is 1. The van der Waals surface area contributed by atoms with Gasteiger partial charge in [0.15, 0.2) is 0 Å². The fraction of sp³-hybridized carbons (Fsp3) is 0.250. The zero-order chi connectivity index (χ0) is 17.2. The first kappa shape index (κ1) is 16.0. The minimum atomic E-state index is -0.270. The van der Waals surface area contributed by atoms with Gasteiger partial charge in [0.05, 0.1) is 19.3 Å². The summed E-state index contributed by atoms with van der Waals surface area (Å²) in [5.74, 6) is -0.0900. The maximum atomic E-state index is 13.4. The Hall–Kier alpha value is -2.50. The Bertz CT molecular complexity index is 877. The van der Waals surface area contributed by atoms with Crippen LogP contribution in [0.25, 0.3) is 10.9 Å². The molecule has 128 valence electrons. The number of phenols is 1. The molecular formula is C20H19FN2O2. The number of nitrogens with zero attached hydrogens (tertiary/aromatic N) is 2. The molecule has 1 aromatic heterocycles. The number of rotatable bonds is 3. The molecule has 1 N–H and O–H groups in total. The van der Waals surface area contributed by atoms with Crippen molar-refractivity contribution in [2.24, 2.45) is 0 Å². The van der Waals surface area contributed by atoms with Gasteiger partial charge in [-0.2, -0.15) is 0 Å². The Kier molecular flexibility index (Phi) is 4.34. The number of benzene rings is 2. The number of morpholine rings is 1. The van der Waals surface area contributed by atoms with E-state index in [1.165, 1.54) is 12.1 Å². The van der Waals surface area contributed by atoms with Crippen LogP contribution in [0.2, 0.25) is 0 Å². The highest BCUT2D eigenvalue weighted by molar-refractivity contribution is 5.85. The quantitative estimate of drug-likeness (QED) is 0.794. The molecule has 2 heterocycles. The van der Waals surface area contributed by atoms with Crippen molar-refractivity contribution in [2.75, 3.05) is 26.3 Å². The number of aromatic nitrogens is 1. The second-order valence-electron chi connectivity index (χ2n) is 6.18. The van der Waals surface area contributed by atoms with E-state index >= 15 is 0 Å². The molecule has 0 radical (unpaired) electrons. The smallest absolute Gasteiger partial charge is 0.146 e. The summed E-state index contributed by atoms with van der Waals surface area (Å²) < 4.78 is 18.9. The van der Waals surface area contributed by atoms with Crippen molar-refractivity contribution >= 4 is 10.9 Å². The molecule has 4 nitrogen and oxygen atoms in total. The SMILES string of the molecule is Oc1c([C@H](c2ccc(F)cc2)N2CCOCC2)ccc2cccnc12. The van der Waals surface area contributed by atoms with Crippen LogP contribution in [0.4, 0.5) is 4.39 Å². The normalized spacial score (nSPS) is 16.8. The van der Waals surface area contributed by atoms with Crippen molar-refractivity contribution in [3.8, 4) is 5.75 Å². The predicted octanol–water partition coefficient (Wildman–Crippen LogP) is 3.50. The average Bonchev–Trinajstić information content (AvgIpc) is 2.66. The fourth-order valence-corrected chi connectivity index (χ4v) is 3.43. The lowest BCUT2D eigenvalue weighted by Gasteiger charge is -2.35. The third-order valence-electron chi connectivity index (χ3n) is 4.67. The predicted molar refractivity (Wildman–Crippen MR) is 94.0 cm³/mol. The summed E-state index contributed by atoms with van der Waals surface area (Å²) in [6, 6.07) is 14.0. The van der Waals surface area contributed by atoms with Gasteiger partial charge in [-0.05, 0) is 23.8 Å². The van der Waals surface area contributed by atoms with Crippen molar-refractivity contribution in [2.45, 2.75) is 6.04 Å². The topological polar surface area (TPSA) is 45.6 Å². The lowest BCUT2D eigenvalue weighted by molar-refractivity contribution is 0.0236. The molecule has 0 bridgehead atoms. The molecule has 1 aliphatic rings. The van der Waals surface area contributed by atoms with Crippen molar-refractivity contribution in [1.82, 2.24) is 9.88 Å². The molecule has 25 heavy (non-hydrogen) atoms. The third-order valence-corrected chi connectivity index (χ3v) is 4.67. The number of phenolic OH excluding ortho intramolecular Hbond substituents is 1. The monoisotopic (exact) mass is 338 g/mol. The van der Waals surface area contributed by atoms with Gasteiger partial charge in [0.2, 0.25) is 0 Å². The Morgan fingerprint density at radius 3 is 2.56 bits per heavy atom. The van der Waals surface area contributed by atoms with Gasteiger partial charge < -0.3 is 9.84 Å². The van der Waals surface area contributed by atoms with Gasteiger partial charge in [-0.25, -0.2) is 4.39 Å². The summed E-state index contributed by atoms with van der Waals surface area (Å²) in [4.78, 5) is 6.57. The van der Waals surface area contributed by atoms with E-state index in [2.05, 4.69) is 9.88 Å². The van der Waals surface area contributed by atoms with E-state index in [0.717, 1.165) is 29.6 Å². The molecule has 0 saturated carbocycles. The van der Waals surface area contributed by atoms with Crippen LogP contribution in [-0.2, 0) is 4.74 Å². The van der Waals surface area contributed by atoms with Crippen LogP contribution in [0.5, 0.6) is 5.75 Å². The zero-order valence-electron chi connectivity index (χ0n) is 13.7. The summed E-state index contributed by atoms with van der Waals surface area (Å²) in [7, 11) is 0. The van der Waals surface area contributed by atoms with Gasteiger partial charge in [0.25, 0.3) is 0 Å². The molecule has 0 unspecified atom stereocenters. The maximum absolute atomic E-state index is 13.4. The van der Waals surface area contributed by atoms with Gasteiger partial charge in [-0.3, -0.25) is 9.88 Å². The van der Waals surface area contributed by atoms with E-state index in [-0.39, 0.29) is 17.6 Å². The van der Waals surface area contributed by atoms with Gasteiger partial charge in [0.1, 0.15) is 17.1 Å². The molecule has 0 spiro atoms. The number of pyridine rings is 1. The minimum Gasteiger partial charge on any atom is -0.505 e. The second kappa shape index (κ2) is 6.78. The lowest BCUT2D eigenvalue weighted by atomic mass is 9.94. The van der Waals surface area contributed by atoms with Crippen molar-refractivity contribution in [3.05, 3.63) is 71.7 Å². The van der Waals surface area contributed by atoms with Crippen LogP contribution < -0.4 is 0 Å². The summed E-state index contributed by atoms with van der Waals surface area (Å²) in [5, 5.41) is 11.8. The van der Waals surface area contributed by atoms with Gasteiger partial charge in [-0.1, -0.05) is 30.3 Å². The van der Waals surface area contributed by atoms with Gasteiger partial charge in [0, 0.05) is 30.2 Å². The number of fused-ring (bicyclic) bond motifs is 1. The van der Waals surface area contributed by atoms with Crippen LogP contribution in [0.3, 0.4) is 0 Å². The van der Waals surface area contributed by atoms with Crippen molar-refractivity contribution < 1.29 is 14.2 Å². The van der Waals surface area contributed by atoms with E-state index in [0.29, 0.717) is 18.7 Å². The van der Waals surface area contributed by atoms with Crippen LogP contribution >= 0.6 is 0 Å². The van der Waals surface area contributed by atoms with Crippen LogP contribution in [0.15, 0.2) is 54.7 Å². The largest absolute Gasteiger partial charge is 0.505 e. The lowest BCUT2D eigenvalue weighted by Crippen LogP contribution is -2.39. The number of hydrogen-bond acceptors (Lipinski definition) is 4. The number of ether oxygens (including phenoxy) is 1. The molecule has 4 rings (SSSR count). The first-order valence-electron chi connectivity index (χ1n) is 8.38. The molecule has 3 aromatic rings. The first-order valence-corrected chi connectivity index (χ1v) is 8.38. The molecule has 5 heteroatoms. The maximum Gasteiger partial charge on any atom is 0.146 e. The molecule has 2 aromatic carbocycles. The van der Waals surface area contributed by atoms with E-state index in [4.69, 9.17) is 4.74 Å². The van der Waals surface area contributed by atoms with E-state index in [1.807, 2.05) is 24.3 Å². The summed E-state index contributed by atoms with van der Waals surface area (Å²) >= 11 is 0. The van der Waals surface area contributed by atoms with E-state index in [1.54, 1.807) is 18.3 Å². The Balaban J connectivity index is 1.85. The number of halogens is 1. The first-order chi connectivity index (χ1) is 12.2. The molecule has 1 fully saturated rings. The standard InChI is InChI=1S/C20H19FN2O2/c21-16-6-3-15(4-7-16)19(23-10-12-25-13-11-23)17-8-5-14-2-1-9-22-18(14)20(17)24/h1-9,19,24H,10-13H2/t19-/m0/s1. The molecule has 0 aliphatic carbocycles. The van der Waals surface area contributed by atoms with Crippen LogP contribution in [-0.4, -0.2) is 41.3 Å². The summed E-state index contributed by atoms with van der Waals surface area (Å²) in [6.45, 7) is 2.79. The molecule has 1 atom stereocenters. The van der Waals surface area contributed by atoms with Crippen LogP contribution in [0, 0.1) is 5.82 Å². The molecule has 1 aliphatic heterocycles. The van der Waals surface area contributed by atoms with Crippen molar-refractivity contribution in [3.63, 3.8) is 0 Å². The Morgan fingerprint density at radius 1 is 1.04 bits per heavy atom. The highest BCUT2D eigenvalue weighted by Gasteiger charge is 2.27. The molecule has 1 saturated heterocycles. The minimum absolute atomic E-state index is 0.170. The number of aromatic hydroxyl groups is 1. The second-order valence-corrected chi connectivity index (χ2v) is 6.18. The van der Waals surface area contributed by atoms with Crippen LogP contribution in [0.1, 0.15) is 17.2 Å². The average molecular weight is 338 g/mol. The summed E-state index contributed by atoms with van der Waals surface area (Å²) in [5.41, 5.74) is 2.30. The van der Waals surface area contributed by atoms with E-state index in [9.17, 15) is 9.50 Å². The van der Waals surface area contributed by atoms with Crippen molar-refractivity contribution in [1.29, 1.82) is 0 Å². The fourth-order valence-electron chi connectivity index (χ4n) is 3.43. The third kappa shape index (κ3) is 3.08. The summed E-state index contributed by atoms with van der Waals surface area (Å²) in [6.07, 6.45) is 1.67. The van der Waals surface area contributed by atoms with Gasteiger partial charge >= 0.3 is 0 Å². The zero-order valence-corrected chi connectivity index (χ0v) is 13.7. The Morgan fingerprint density at radius 2 is 1.80 bits per heavy atom. The van der Waals surface area contributed by atoms with E-state index < -0.39 is 0 Å². The molecular weight excluding hydrogens is 319 g/mol. The highest BCUT2D eigenvalue weighted by atomic mass is 19.1.